The molecule has 0 fully saturated rings. The molecule has 2 aliphatic heterocycles. The van der Waals surface area contributed by atoms with Gasteiger partial charge in [0, 0.05) is 22.6 Å². The van der Waals surface area contributed by atoms with Crippen molar-refractivity contribution in [3.8, 4) is 0 Å². The summed E-state index contributed by atoms with van der Waals surface area (Å²) < 4.78 is 33.6. The number of para-hydroxylation sites is 1. The lowest BCUT2D eigenvalue weighted by molar-refractivity contribution is 0.100. The van der Waals surface area contributed by atoms with Gasteiger partial charge < -0.3 is 4.74 Å². The molecule has 8 rings (SSSR count). The summed E-state index contributed by atoms with van der Waals surface area (Å²) in [6.07, 6.45) is 6.52. The molecule has 0 aromatic heterocycles. The first kappa shape index (κ1) is 25.3. The Labute approximate surface area is 243 Å². The number of fused-ring (bicyclic) bond motifs is 7. The largest absolute Gasteiger partial charge is 0.485 e. The maximum atomic E-state index is 13.6. The summed E-state index contributed by atoms with van der Waals surface area (Å²) in [7, 11) is 0. The number of hydrogen-bond acceptors (Lipinski definition) is 3. The van der Waals surface area contributed by atoms with Crippen molar-refractivity contribution >= 4 is 28.6 Å². The number of allylic oxidation sites excluding steroid dienone is 2. The zero-order chi connectivity index (χ0) is 28.2. The van der Waals surface area contributed by atoms with E-state index >= 15 is 0 Å². The maximum absolute atomic E-state index is 13.6. The van der Waals surface area contributed by atoms with Gasteiger partial charge >= 0.3 is 0 Å². The maximum Gasteiger partial charge on any atom is 0.245 e. The number of hydrogen-bond donors (Lipinski definition) is 0. The van der Waals surface area contributed by atoms with E-state index in [-0.39, 0.29) is 12.0 Å². The van der Waals surface area contributed by atoms with Crippen molar-refractivity contribution in [1.82, 2.24) is 0 Å². The van der Waals surface area contributed by atoms with Gasteiger partial charge in [0.1, 0.15) is 12.3 Å². The summed E-state index contributed by atoms with van der Waals surface area (Å²) in [6, 6.07) is 27.1. The van der Waals surface area contributed by atoms with Gasteiger partial charge in [-0.05, 0) is 70.3 Å². The van der Waals surface area contributed by atoms with Crippen molar-refractivity contribution in [1.29, 1.82) is 0 Å². The third kappa shape index (κ3) is 4.13. The molecule has 0 spiro atoms. The fraction of sp³-hybridized carbons (Fsp3) is 0.243. The van der Waals surface area contributed by atoms with Gasteiger partial charge in [-0.3, -0.25) is 4.99 Å². The van der Waals surface area contributed by atoms with Crippen LogP contribution in [0.3, 0.4) is 0 Å². The van der Waals surface area contributed by atoms with Crippen LogP contribution in [-0.2, 0) is 24.2 Å². The van der Waals surface area contributed by atoms with Gasteiger partial charge in [-0.25, -0.2) is 13.8 Å². The van der Waals surface area contributed by atoms with E-state index in [0.29, 0.717) is 18.8 Å². The summed E-state index contributed by atoms with van der Waals surface area (Å²) in [5.74, 6) is 0.180. The van der Waals surface area contributed by atoms with Crippen LogP contribution in [0.2, 0.25) is 0 Å². The van der Waals surface area contributed by atoms with E-state index in [4.69, 9.17) is 14.7 Å². The number of aliphatic imine (C=N–C) groups is 1. The zero-order valence-corrected chi connectivity index (χ0v) is 23.1. The Kier molecular flexibility index (Phi) is 6.13. The van der Waals surface area contributed by atoms with Crippen LogP contribution in [0.1, 0.15) is 46.6 Å². The molecule has 4 aliphatic rings. The van der Waals surface area contributed by atoms with Crippen molar-refractivity contribution in [2.75, 3.05) is 0 Å². The lowest BCUT2D eigenvalue weighted by Crippen LogP contribution is -2.31. The molecule has 0 bridgehead atoms. The fourth-order valence-electron chi connectivity index (χ4n) is 7.28. The number of alkyl halides is 2. The molecule has 0 saturated heterocycles. The predicted molar refractivity (Wildman–Crippen MR) is 163 cm³/mol. The smallest absolute Gasteiger partial charge is 0.245 e. The normalized spacial score (nSPS) is 22.1. The third-order valence-electron chi connectivity index (χ3n) is 9.31. The van der Waals surface area contributed by atoms with Gasteiger partial charge in [0.2, 0.25) is 6.43 Å². The zero-order valence-electron chi connectivity index (χ0n) is 23.1. The van der Waals surface area contributed by atoms with Crippen LogP contribution in [-0.4, -0.2) is 18.7 Å². The highest BCUT2D eigenvalue weighted by molar-refractivity contribution is 5.94. The molecule has 208 valence electrons. The van der Waals surface area contributed by atoms with Crippen LogP contribution >= 0.6 is 0 Å². The molecule has 0 radical (unpaired) electrons. The molecule has 0 saturated carbocycles. The Balaban J connectivity index is 1.20. The second kappa shape index (κ2) is 10.2. The van der Waals surface area contributed by atoms with Crippen LogP contribution in [0.4, 0.5) is 8.78 Å². The van der Waals surface area contributed by atoms with Gasteiger partial charge in [0.05, 0.1) is 17.6 Å². The van der Waals surface area contributed by atoms with Gasteiger partial charge in [0.15, 0.2) is 5.76 Å². The minimum absolute atomic E-state index is 0.0725. The third-order valence-corrected chi connectivity index (χ3v) is 9.31. The highest BCUT2D eigenvalue weighted by Crippen LogP contribution is 2.45. The van der Waals surface area contributed by atoms with Crippen molar-refractivity contribution in [3.05, 3.63) is 135 Å². The molecule has 2 aliphatic carbocycles. The summed E-state index contributed by atoms with van der Waals surface area (Å²) in [6.45, 7) is 0.458. The molecule has 0 N–H and O–H groups in total. The van der Waals surface area contributed by atoms with E-state index in [1.807, 2.05) is 36.6 Å². The number of nitrogens with zero attached hydrogens (tertiary/aromatic N) is 2. The van der Waals surface area contributed by atoms with Crippen LogP contribution in [0.5, 0.6) is 0 Å². The SMILES string of the molecule is FC(F)C1C=Cc2ccc3c4c(ccc3c2C1)C(C1N=CC(OCc2ccccc2)=C2N=c3ccccc3=C21)CCC4. The topological polar surface area (TPSA) is 34.0 Å². The molecule has 5 heteroatoms. The first-order chi connectivity index (χ1) is 20.7. The van der Waals surface area contributed by atoms with E-state index in [1.54, 1.807) is 6.08 Å². The van der Waals surface area contributed by atoms with E-state index in [2.05, 4.69) is 54.6 Å². The van der Waals surface area contributed by atoms with Crippen molar-refractivity contribution < 1.29 is 13.5 Å². The van der Waals surface area contributed by atoms with E-state index < -0.39 is 12.3 Å². The Bertz CT molecular complexity index is 1940. The molecule has 4 aromatic carbocycles. The van der Waals surface area contributed by atoms with Crippen LogP contribution in [0, 0.1) is 5.92 Å². The molecular weight excluding hydrogens is 526 g/mol. The standard InChI is InChI=1S/C37H30F2N2O/c38-37(39)24-14-13-23-15-16-26-25-10-6-11-29(27(25)17-18-28(26)31(23)19-24)35-34-30-9-4-5-12-32(30)41-36(34)33(20-40-35)42-21-22-7-2-1-3-8-22/h1-5,7-9,12-18,20,24,29,35,37H,6,10-11,19,21H2. The lowest BCUT2D eigenvalue weighted by atomic mass is 9.73. The van der Waals surface area contributed by atoms with Crippen molar-refractivity contribution in [2.24, 2.45) is 15.9 Å². The summed E-state index contributed by atoms with van der Waals surface area (Å²) in [4.78, 5) is 10.2. The quantitative estimate of drug-likeness (QED) is 0.259. The molecule has 3 nitrogen and oxygen atoms in total. The molecule has 3 unspecified atom stereocenters. The van der Waals surface area contributed by atoms with Crippen molar-refractivity contribution in [2.45, 2.75) is 50.7 Å². The van der Waals surface area contributed by atoms with Gasteiger partial charge in [-0.1, -0.05) is 84.9 Å². The summed E-state index contributed by atoms with van der Waals surface area (Å²) in [5, 5.41) is 4.40. The first-order valence-electron chi connectivity index (χ1n) is 14.8. The van der Waals surface area contributed by atoms with Gasteiger partial charge in [-0.15, -0.1) is 0 Å². The second-order valence-electron chi connectivity index (χ2n) is 11.7. The lowest BCUT2D eigenvalue weighted by Gasteiger charge is -2.34. The van der Waals surface area contributed by atoms with E-state index in [9.17, 15) is 8.78 Å². The van der Waals surface area contributed by atoms with Gasteiger partial charge in [0.25, 0.3) is 0 Å². The average Bonchev–Trinajstić information content (AvgIpc) is 3.43. The van der Waals surface area contributed by atoms with Crippen LogP contribution in [0.25, 0.3) is 22.4 Å². The molecule has 42 heavy (non-hydrogen) atoms. The monoisotopic (exact) mass is 556 g/mol. The number of aryl methyl sites for hydroxylation is 1. The number of rotatable bonds is 5. The van der Waals surface area contributed by atoms with Crippen LogP contribution < -0.4 is 10.6 Å². The van der Waals surface area contributed by atoms with E-state index in [0.717, 1.165) is 63.2 Å². The predicted octanol–water partition coefficient (Wildman–Crippen LogP) is 7.08. The van der Waals surface area contributed by atoms with E-state index in [1.165, 1.54) is 16.5 Å². The fourth-order valence-corrected chi connectivity index (χ4v) is 7.28. The molecular formula is C37H30F2N2O. The molecule has 0 amide bonds. The van der Waals surface area contributed by atoms with Crippen LogP contribution in [0.15, 0.2) is 106 Å². The first-order valence-corrected chi connectivity index (χ1v) is 14.8. The minimum atomic E-state index is -2.35. The number of halogens is 2. The Hall–Kier alpha value is -4.38. The molecule has 3 atom stereocenters. The number of benzene rings is 4. The highest BCUT2D eigenvalue weighted by Gasteiger charge is 2.37. The highest BCUT2D eigenvalue weighted by atomic mass is 19.3. The summed E-state index contributed by atoms with van der Waals surface area (Å²) >= 11 is 0. The Morgan fingerprint density at radius 1 is 0.881 bits per heavy atom. The number of dihydropyridines is 1. The summed E-state index contributed by atoms with van der Waals surface area (Å²) in [5.41, 5.74) is 7.89. The second-order valence-corrected chi connectivity index (χ2v) is 11.7. The van der Waals surface area contributed by atoms with Crippen molar-refractivity contribution in [3.63, 3.8) is 0 Å². The van der Waals surface area contributed by atoms with Gasteiger partial charge in [-0.2, -0.15) is 0 Å². The molecule has 4 aromatic rings. The Morgan fingerprint density at radius 3 is 2.57 bits per heavy atom. The molecule has 2 heterocycles. The number of ether oxygens (including phenoxy) is 1. The minimum Gasteiger partial charge on any atom is -0.485 e. The average molecular weight is 557 g/mol. The Morgan fingerprint density at radius 2 is 1.69 bits per heavy atom.